The number of morpholine rings is 1. The SMILES string of the molecule is CC1Cc2ccccc2N1C(=O)CSc1nnc(-c2cccc(S(=O)(=O)N3CCOCC3)c2)n1-c1cccc(C(F)(F)F)c1. The molecule has 1 saturated heterocycles. The molecule has 4 aromatic rings. The molecule has 9 nitrogen and oxygen atoms in total. The Labute approximate surface area is 256 Å². The number of carbonyl (C=O) groups excluding carboxylic acids is 1. The number of anilines is 1. The van der Waals surface area contributed by atoms with Gasteiger partial charge in [0.1, 0.15) is 0 Å². The van der Waals surface area contributed by atoms with Crippen molar-refractivity contribution >= 4 is 33.4 Å². The predicted octanol–water partition coefficient (Wildman–Crippen LogP) is 5.04. The highest BCUT2D eigenvalue weighted by molar-refractivity contribution is 7.99. The van der Waals surface area contributed by atoms with Crippen molar-refractivity contribution in [1.29, 1.82) is 0 Å². The van der Waals surface area contributed by atoms with E-state index in [9.17, 15) is 26.4 Å². The normalized spacial score (nSPS) is 17.5. The number of fused-ring (bicyclic) bond motifs is 1. The molecule has 230 valence electrons. The second-order valence-corrected chi connectivity index (χ2v) is 13.3. The summed E-state index contributed by atoms with van der Waals surface area (Å²) in [4.78, 5) is 15.2. The Morgan fingerprint density at radius 1 is 1.00 bits per heavy atom. The molecule has 1 amide bonds. The van der Waals surface area contributed by atoms with Crippen LogP contribution in [-0.2, 0) is 32.2 Å². The second-order valence-electron chi connectivity index (χ2n) is 10.5. The Bertz CT molecular complexity index is 1810. The summed E-state index contributed by atoms with van der Waals surface area (Å²) in [6.07, 6.45) is -3.88. The van der Waals surface area contributed by atoms with Gasteiger partial charge >= 0.3 is 6.18 Å². The summed E-state index contributed by atoms with van der Waals surface area (Å²) in [5.41, 5.74) is 1.50. The Hall–Kier alpha value is -3.72. The number of ether oxygens (including phenoxy) is 1. The van der Waals surface area contributed by atoms with E-state index in [2.05, 4.69) is 10.2 Å². The molecule has 6 rings (SSSR count). The largest absolute Gasteiger partial charge is 0.416 e. The van der Waals surface area contributed by atoms with Crippen molar-refractivity contribution in [3.05, 3.63) is 83.9 Å². The van der Waals surface area contributed by atoms with Gasteiger partial charge in [0, 0.05) is 30.4 Å². The van der Waals surface area contributed by atoms with E-state index in [1.54, 1.807) is 17.0 Å². The maximum absolute atomic E-state index is 13.7. The monoisotopic (exact) mass is 643 g/mol. The van der Waals surface area contributed by atoms with Crippen LogP contribution in [0.25, 0.3) is 17.1 Å². The summed E-state index contributed by atoms with van der Waals surface area (Å²) < 4.78 is 75.9. The van der Waals surface area contributed by atoms with Gasteiger partial charge in [-0.05, 0) is 55.3 Å². The van der Waals surface area contributed by atoms with Crippen LogP contribution in [0.4, 0.5) is 18.9 Å². The van der Waals surface area contributed by atoms with Crippen LogP contribution >= 0.6 is 11.8 Å². The van der Waals surface area contributed by atoms with Gasteiger partial charge in [-0.1, -0.05) is 48.2 Å². The van der Waals surface area contributed by atoms with E-state index in [-0.39, 0.29) is 65.6 Å². The molecule has 1 atom stereocenters. The highest BCUT2D eigenvalue weighted by atomic mass is 32.2. The standard InChI is InChI=1S/C30H28F3N5O4S2/c1-20-16-21-6-2-3-11-26(21)37(20)27(39)19-43-29-35-34-28(38(29)24-9-5-8-23(18-24)30(31,32)33)22-7-4-10-25(17-22)44(40,41)36-12-14-42-15-13-36/h2-11,17-18,20H,12-16,19H2,1H3. The first-order valence-corrected chi connectivity index (χ1v) is 16.3. The molecule has 14 heteroatoms. The zero-order chi connectivity index (χ0) is 31.1. The van der Waals surface area contributed by atoms with Gasteiger partial charge < -0.3 is 9.64 Å². The zero-order valence-corrected chi connectivity index (χ0v) is 25.2. The van der Waals surface area contributed by atoms with Gasteiger partial charge in [-0.15, -0.1) is 10.2 Å². The van der Waals surface area contributed by atoms with Crippen LogP contribution in [0.2, 0.25) is 0 Å². The molecular weight excluding hydrogens is 615 g/mol. The molecule has 0 radical (unpaired) electrons. The third-order valence-corrected chi connectivity index (χ3v) is 10.4. The number of thioether (sulfide) groups is 1. The van der Waals surface area contributed by atoms with Gasteiger partial charge in [0.2, 0.25) is 15.9 Å². The quantitative estimate of drug-likeness (QED) is 0.260. The van der Waals surface area contributed by atoms with E-state index in [1.807, 2.05) is 31.2 Å². The molecule has 0 spiro atoms. The van der Waals surface area contributed by atoms with Crippen LogP contribution in [0.1, 0.15) is 18.1 Å². The Kier molecular flexibility index (Phi) is 8.26. The number of para-hydroxylation sites is 1. The minimum Gasteiger partial charge on any atom is -0.379 e. The minimum absolute atomic E-state index is 0.0153. The number of nitrogens with zero attached hydrogens (tertiary/aromatic N) is 5. The van der Waals surface area contributed by atoms with Crippen molar-refractivity contribution in [2.75, 3.05) is 37.0 Å². The molecule has 0 N–H and O–H groups in total. The van der Waals surface area contributed by atoms with Crippen LogP contribution in [0.3, 0.4) is 0 Å². The number of halogens is 3. The molecule has 2 aliphatic heterocycles. The molecular formula is C30H28F3N5O4S2. The minimum atomic E-state index is -4.60. The average molecular weight is 644 g/mol. The number of benzene rings is 3. The predicted molar refractivity (Wildman–Crippen MR) is 159 cm³/mol. The molecule has 3 heterocycles. The van der Waals surface area contributed by atoms with Crippen LogP contribution in [-0.4, -0.2) is 71.5 Å². The van der Waals surface area contributed by atoms with E-state index in [0.29, 0.717) is 5.56 Å². The number of hydrogen-bond acceptors (Lipinski definition) is 7. The summed E-state index contributed by atoms with van der Waals surface area (Å²) in [6, 6.07) is 18.4. The zero-order valence-electron chi connectivity index (χ0n) is 23.6. The number of amides is 1. The summed E-state index contributed by atoms with van der Waals surface area (Å²) in [6.45, 7) is 2.95. The molecule has 1 unspecified atom stereocenters. The molecule has 0 bridgehead atoms. The summed E-state index contributed by atoms with van der Waals surface area (Å²) >= 11 is 1.05. The first-order valence-electron chi connectivity index (χ1n) is 13.9. The maximum Gasteiger partial charge on any atom is 0.416 e. The van der Waals surface area contributed by atoms with E-state index < -0.39 is 21.8 Å². The fourth-order valence-corrected chi connectivity index (χ4v) is 7.74. The third kappa shape index (κ3) is 5.86. The highest BCUT2D eigenvalue weighted by Gasteiger charge is 2.33. The fraction of sp³-hybridized carbons (Fsp3) is 0.300. The van der Waals surface area contributed by atoms with Crippen LogP contribution in [0, 0.1) is 0 Å². The number of carbonyl (C=O) groups is 1. The summed E-state index contributed by atoms with van der Waals surface area (Å²) in [5, 5.41) is 8.72. The number of hydrogen-bond donors (Lipinski definition) is 0. The van der Waals surface area contributed by atoms with Gasteiger partial charge in [-0.2, -0.15) is 17.5 Å². The van der Waals surface area contributed by atoms with Crippen LogP contribution < -0.4 is 4.90 Å². The lowest BCUT2D eigenvalue weighted by Gasteiger charge is -2.26. The first kappa shape index (κ1) is 30.3. The van der Waals surface area contributed by atoms with Gasteiger partial charge in [0.25, 0.3) is 0 Å². The van der Waals surface area contributed by atoms with Crippen LogP contribution in [0.15, 0.2) is 82.8 Å². The van der Waals surface area contributed by atoms with Crippen molar-refractivity contribution in [2.24, 2.45) is 0 Å². The van der Waals surface area contributed by atoms with E-state index in [1.165, 1.54) is 33.1 Å². The number of rotatable bonds is 7. The number of sulfonamides is 1. The summed E-state index contributed by atoms with van der Waals surface area (Å²) in [5.74, 6) is -0.0781. The lowest BCUT2D eigenvalue weighted by molar-refractivity contribution is -0.137. The summed E-state index contributed by atoms with van der Waals surface area (Å²) in [7, 11) is -3.86. The van der Waals surface area contributed by atoms with Crippen molar-refractivity contribution in [2.45, 2.75) is 35.6 Å². The molecule has 3 aromatic carbocycles. The van der Waals surface area contributed by atoms with Crippen LogP contribution in [0.5, 0.6) is 0 Å². The topological polar surface area (TPSA) is 97.6 Å². The Balaban J connectivity index is 1.37. The number of aromatic nitrogens is 3. The highest BCUT2D eigenvalue weighted by Crippen LogP contribution is 2.36. The van der Waals surface area contributed by atoms with Crippen molar-refractivity contribution < 1.29 is 31.1 Å². The molecule has 1 fully saturated rings. The fourth-order valence-electron chi connectivity index (χ4n) is 5.48. The molecule has 1 aromatic heterocycles. The molecule has 0 aliphatic carbocycles. The van der Waals surface area contributed by atoms with Crippen molar-refractivity contribution in [3.8, 4) is 17.1 Å². The van der Waals surface area contributed by atoms with Gasteiger partial charge in [-0.3, -0.25) is 9.36 Å². The Morgan fingerprint density at radius 2 is 1.75 bits per heavy atom. The lowest BCUT2D eigenvalue weighted by Crippen LogP contribution is -2.40. The molecule has 2 aliphatic rings. The van der Waals surface area contributed by atoms with Gasteiger partial charge in [0.05, 0.1) is 35.1 Å². The van der Waals surface area contributed by atoms with Crippen molar-refractivity contribution in [3.63, 3.8) is 0 Å². The van der Waals surface area contributed by atoms with E-state index >= 15 is 0 Å². The second kappa shape index (κ2) is 12.0. The third-order valence-electron chi connectivity index (χ3n) is 7.57. The van der Waals surface area contributed by atoms with E-state index in [0.717, 1.165) is 41.6 Å². The smallest absolute Gasteiger partial charge is 0.379 e. The number of alkyl halides is 3. The molecule has 0 saturated carbocycles. The maximum atomic E-state index is 13.7. The van der Waals surface area contributed by atoms with Gasteiger partial charge in [0.15, 0.2) is 11.0 Å². The van der Waals surface area contributed by atoms with Gasteiger partial charge in [-0.25, -0.2) is 8.42 Å². The molecule has 44 heavy (non-hydrogen) atoms. The average Bonchev–Trinajstić information content (AvgIpc) is 3.60. The Morgan fingerprint density at radius 3 is 2.52 bits per heavy atom. The lowest BCUT2D eigenvalue weighted by atomic mass is 10.1. The first-order chi connectivity index (χ1) is 21.0. The van der Waals surface area contributed by atoms with Crippen molar-refractivity contribution in [1.82, 2.24) is 19.1 Å². The van der Waals surface area contributed by atoms with E-state index in [4.69, 9.17) is 4.74 Å².